The van der Waals surface area contributed by atoms with Crippen LogP contribution in [0.5, 0.6) is 17.2 Å². The third-order valence-electron chi connectivity index (χ3n) is 6.20. The van der Waals surface area contributed by atoms with Gasteiger partial charge in [0.15, 0.2) is 17.2 Å². The van der Waals surface area contributed by atoms with E-state index in [2.05, 4.69) is 17.4 Å². The summed E-state index contributed by atoms with van der Waals surface area (Å²) in [5.41, 5.74) is 5.94. The van der Waals surface area contributed by atoms with Crippen molar-refractivity contribution in [3.8, 4) is 17.2 Å². The van der Waals surface area contributed by atoms with E-state index < -0.39 is 4.92 Å². The summed E-state index contributed by atoms with van der Waals surface area (Å²) >= 11 is 0. The number of nitro groups is 1. The lowest BCUT2D eigenvalue weighted by Crippen LogP contribution is -2.49. The number of nitrogens with one attached hydrogen (secondary N) is 1. The molecule has 0 aromatic heterocycles. The summed E-state index contributed by atoms with van der Waals surface area (Å²) in [5, 5.41) is 42.9. The maximum Gasteiger partial charge on any atom is 0.310 e. The SMILES string of the molecule is Br.Br.CCCCCCN(NCCc1ccc(O)c([N+](=O)[O-])c1)C1CCc2c(ccc(O)c2O)C1. The number of hydrazine groups is 1. The molecule has 4 N–H and O–H groups in total. The number of rotatable bonds is 11. The zero-order valence-electron chi connectivity index (χ0n) is 19.4. The Kier molecular flexibility index (Phi) is 12.9. The molecule has 0 radical (unpaired) electrons. The summed E-state index contributed by atoms with van der Waals surface area (Å²) in [6.07, 6.45) is 7.58. The fourth-order valence-electron chi connectivity index (χ4n) is 4.38. The van der Waals surface area contributed by atoms with Crippen molar-refractivity contribution in [2.24, 2.45) is 0 Å². The van der Waals surface area contributed by atoms with Crippen LogP contribution >= 0.6 is 34.0 Å². The molecule has 3 rings (SSSR count). The fourth-order valence-corrected chi connectivity index (χ4v) is 4.38. The largest absolute Gasteiger partial charge is 0.504 e. The Bertz CT molecular complexity index is 945. The van der Waals surface area contributed by atoms with Gasteiger partial charge in [0.2, 0.25) is 0 Å². The summed E-state index contributed by atoms with van der Waals surface area (Å²) < 4.78 is 0. The van der Waals surface area contributed by atoms with Crippen molar-refractivity contribution in [1.29, 1.82) is 0 Å². The lowest BCUT2D eigenvalue weighted by molar-refractivity contribution is -0.385. The van der Waals surface area contributed by atoms with Crippen molar-refractivity contribution in [1.82, 2.24) is 10.4 Å². The second kappa shape index (κ2) is 14.5. The number of hydrogen-bond acceptors (Lipinski definition) is 7. The lowest BCUT2D eigenvalue weighted by Gasteiger charge is -2.36. The molecular formula is C24H35Br2N3O5. The molecule has 0 fully saturated rings. The van der Waals surface area contributed by atoms with Crippen LogP contribution in [0.4, 0.5) is 5.69 Å². The van der Waals surface area contributed by atoms with Crippen molar-refractivity contribution in [3.63, 3.8) is 0 Å². The summed E-state index contributed by atoms with van der Waals surface area (Å²) in [5.74, 6) is -0.392. The van der Waals surface area contributed by atoms with Crippen LogP contribution in [-0.2, 0) is 19.3 Å². The Morgan fingerprint density at radius 3 is 2.53 bits per heavy atom. The molecule has 8 nitrogen and oxygen atoms in total. The Labute approximate surface area is 221 Å². The highest BCUT2D eigenvalue weighted by atomic mass is 79.9. The topological polar surface area (TPSA) is 119 Å². The van der Waals surface area contributed by atoms with Crippen molar-refractivity contribution < 1.29 is 20.2 Å². The van der Waals surface area contributed by atoms with Crippen molar-refractivity contribution >= 4 is 39.7 Å². The first-order valence-electron chi connectivity index (χ1n) is 11.4. The highest BCUT2D eigenvalue weighted by Gasteiger charge is 2.26. The number of fused-ring (bicyclic) bond motifs is 1. The molecule has 34 heavy (non-hydrogen) atoms. The van der Waals surface area contributed by atoms with Gasteiger partial charge in [0.1, 0.15) is 0 Å². The predicted octanol–water partition coefficient (Wildman–Crippen LogP) is 5.35. The molecule has 0 saturated carbocycles. The Morgan fingerprint density at radius 2 is 1.82 bits per heavy atom. The molecule has 0 amide bonds. The lowest BCUT2D eigenvalue weighted by atomic mass is 9.87. The number of aromatic hydroxyl groups is 3. The minimum absolute atomic E-state index is 0. The van der Waals surface area contributed by atoms with Gasteiger partial charge in [0.05, 0.1) is 4.92 Å². The monoisotopic (exact) mass is 603 g/mol. The molecule has 0 aliphatic heterocycles. The molecule has 1 aliphatic carbocycles. The highest BCUT2D eigenvalue weighted by molar-refractivity contribution is 8.93. The van der Waals surface area contributed by atoms with E-state index in [1.807, 2.05) is 6.07 Å². The number of nitro benzene ring substituents is 1. The van der Waals surface area contributed by atoms with Gasteiger partial charge in [-0.15, -0.1) is 34.0 Å². The molecule has 0 heterocycles. The first-order valence-corrected chi connectivity index (χ1v) is 11.4. The van der Waals surface area contributed by atoms with E-state index in [9.17, 15) is 25.4 Å². The third kappa shape index (κ3) is 7.83. The summed E-state index contributed by atoms with van der Waals surface area (Å²) in [4.78, 5) is 10.5. The zero-order valence-corrected chi connectivity index (χ0v) is 22.8. The van der Waals surface area contributed by atoms with Crippen LogP contribution in [0.3, 0.4) is 0 Å². The molecule has 10 heteroatoms. The molecule has 190 valence electrons. The molecule has 2 aromatic carbocycles. The van der Waals surface area contributed by atoms with E-state index in [4.69, 9.17) is 0 Å². The van der Waals surface area contributed by atoms with Crippen LogP contribution in [0.1, 0.15) is 55.7 Å². The standard InChI is InChI=1S/C24H33N3O5.2BrH/c1-2-3-4-5-14-26(19-8-9-20-18(16-19)7-11-23(29)24(20)30)25-13-12-17-6-10-22(28)21(15-17)27(31)32;;/h6-7,10-11,15,19,25,28-30H,2-5,8-9,12-14,16H2,1H3;2*1H. The first kappa shape index (κ1) is 30.2. The number of unbranched alkanes of at least 4 members (excludes halogenated alkanes) is 3. The number of hydrogen-bond donors (Lipinski definition) is 4. The van der Waals surface area contributed by atoms with Crippen LogP contribution in [0.25, 0.3) is 0 Å². The third-order valence-corrected chi connectivity index (χ3v) is 6.20. The molecule has 0 bridgehead atoms. The van der Waals surface area contributed by atoms with E-state index >= 15 is 0 Å². The Hall–Kier alpha value is -1.88. The second-order valence-electron chi connectivity index (χ2n) is 8.46. The summed E-state index contributed by atoms with van der Waals surface area (Å²) in [7, 11) is 0. The summed E-state index contributed by atoms with van der Waals surface area (Å²) in [6.45, 7) is 3.71. The van der Waals surface area contributed by atoms with Crippen LogP contribution in [0.15, 0.2) is 30.3 Å². The van der Waals surface area contributed by atoms with E-state index in [0.717, 1.165) is 48.9 Å². The van der Waals surface area contributed by atoms with Crippen molar-refractivity contribution in [3.05, 3.63) is 57.1 Å². The van der Waals surface area contributed by atoms with Gasteiger partial charge in [0, 0.05) is 30.8 Å². The highest BCUT2D eigenvalue weighted by Crippen LogP contribution is 2.36. The molecule has 1 aliphatic rings. The van der Waals surface area contributed by atoms with E-state index in [1.54, 1.807) is 12.1 Å². The number of halogens is 2. The maximum atomic E-state index is 11.1. The van der Waals surface area contributed by atoms with Gasteiger partial charge >= 0.3 is 5.69 Å². The van der Waals surface area contributed by atoms with Gasteiger partial charge < -0.3 is 15.3 Å². The van der Waals surface area contributed by atoms with Gasteiger partial charge in [0.25, 0.3) is 0 Å². The predicted molar refractivity (Wildman–Crippen MR) is 144 cm³/mol. The van der Waals surface area contributed by atoms with Crippen molar-refractivity contribution in [2.45, 2.75) is 64.3 Å². The van der Waals surface area contributed by atoms with E-state index in [0.29, 0.717) is 19.4 Å². The molecule has 2 aromatic rings. The van der Waals surface area contributed by atoms with Gasteiger partial charge in [-0.3, -0.25) is 15.5 Å². The molecule has 1 atom stereocenters. The minimum atomic E-state index is -0.570. The number of phenols is 3. The number of phenolic OH excluding ortho intramolecular Hbond substituents is 3. The second-order valence-corrected chi connectivity index (χ2v) is 8.46. The molecule has 1 unspecified atom stereocenters. The van der Waals surface area contributed by atoms with Crippen LogP contribution in [0, 0.1) is 10.1 Å². The van der Waals surface area contributed by atoms with Gasteiger partial charge in [-0.1, -0.05) is 38.3 Å². The van der Waals surface area contributed by atoms with Crippen LogP contribution < -0.4 is 5.43 Å². The van der Waals surface area contributed by atoms with Crippen LogP contribution in [-0.4, -0.2) is 44.4 Å². The number of nitrogens with zero attached hydrogens (tertiary/aromatic N) is 2. The first-order chi connectivity index (χ1) is 15.4. The average Bonchev–Trinajstić information content (AvgIpc) is 2.78. The summed E-state index contributed by atoms with van der Waals surface area (Å²) in [6, 6.07) is 8.21. The average molecular weight is 605 g/mol. The quantitative estimate of drug-likeness (QED) is 0.118. The van der Waals surface area contributed by atoms with Crippen molar-refractivity contribution in [2.75, 3.05) is 13.1 Å². The normalized spacial score (nSPS) is 14.7. The van der Waals surface area contributed by atoms with E-state index in [1.165, 1.54) is 25.0 Å². The maximum absolute atomic E-state index is 11.1. The zero-order chi connectivity index (χ0) is 23.1. The van der Waals surface area contributed by atoms with E-state index in [-0.39, 0.29) is 62.9 Å². The Morgan fingerprint density at radius 1 is 1.09 bits per heavy atom. The van der Waals surface area contributed by atoms with Gasteiger partial charge in [-0.05, 0) is 55.4 Å². The smallest absolute Gasteiger partial charge is 0.310 e. The fraction of sp³-hybridized carbons (Fsp3) is 0.500. The minimum Gasteiger partial charge on any atom is -0.504 e. The molecule has 0 saturated heterocycles. The van der Waals surface area contributed by atoms with Gasteiger partial charge in [-0.2, -0.15) is 0 Å². The number of benzene rings is 2. The van der Waals surface area contributed by atoms with Crippen LogP contribution in [0.2, 0.25) is 0 Å². The molecule has 0 spiro atoms. The molecular weight excluding hydrogens is 570 g/mol. The van der Waals surface area contributed by atoms with Gasteiger partial charge in [-0.25, -0.2) is 5.01 Å². The Balaban J connectivity index is 0.00000289.